The summed E-state index contributed by atoms with van der Waals surface area (Å²) in [6.45, 7) is 14.4. The molecule has 0 aliphatic carbocycles. The second-order valence-electron chi connectivity index (χ2n) is 6.00. The third kappa shape index (κ3) is 5.50. The predicted molar refractivity (Wildman–Crippen MR) is 93.4 cm³/mol. The molecule has 5 heteroatoms. The van der Waals surface area contributed by atoms with Gasteiger partial charge in [0.1, 0.15) is 11.6 Å². The summed E-state index contributed by atoms with van der Waals surface area (Å²) >= 11 is 0.801. The van der Waals surface area contributed by atoms with Gasteiger partial charge in [-0.2, -0.15) is 0 Å². The van der Waals surface area contributed by atoms with Crippen molar-refractivity contribution in [3.8, 4) is 0 Å². The zero-order valence-electron chi connectivity index (χ0n) is 14.0. The molecule has 1 amide bonds. The first kappa shape index (κ1) is 19.4. The maximum atomic E-state index is 13.8. The summed E-state index contributed by atoms with van der Waals surface area (Å²) in [4.78, 5) is 12.2. The summed E-state index contributed by atoms with van der Waals surface area (Å²) in [6, 6.07) is 2.96. The highest BCUT2D eigenvalue weighted by molar-refractivity contribution is 8.01. The van der Waals surface area contributed by atoms with Crippen LogP contribution in [0.4, 0.5) is 8.78 Å². The number of carbonyl (C=O) groups is 1. The van der Waals surface area contributed by atoms with E-state index in [-0.39, 0.29) is 34.9 Å². The number of carbonyl (C=O) groups excluding carboxylic acids is 1. The first-order valence-electron chi connectivity index (χ1n) is 7.45. The van der Waals surface area contributed by atoms with E-state index in [1.165, 1.54) is 12.1 Å². The minimum Gasteiger partial charge on any atom is -0.296 e. The number of amides is 1. The van der Waals surface area contributed by atoms with Crippen molar-refractivity contribution in [2.24, 2.45) is 0 Å². The predicted octanol–water partition coefficient (Wildman–Crippen LogP) is 5.38. The number of hydrogen-bond donors (Lipinski definition) is 1. The van der Waals surface area contributed by atoms with E-state index in [9.17, 15) is 13.6 Å². The van der Waals surface area contributed by atoms with Crippen LogP contribution >= 0.6 is 11.9 Å². The lowest BCUT2D eigenvalue weighted by atomic mass is 9.87. The molecule has 0 aliphatic rings. The molecule has 0 heterocycles. The molecule has 0 atom stereocenters. The van der Waals surface area contributed by atoms with Gasteiger partial charge in [-0.3, -0.25) is 9.52 Å². The van der Waals surface area contributed by atoms with Gasteiger partial charge in [0.05, 0.1) is 11.3 Å². The van der Waals surface area contributed by atoms with Crippen molar-refractivity contribution < 1.29 is 13.6 Å². The molecule has 0 aromatic heterocycles. The number of halogens is 2. The molecule has 1 rings (SSSR count). The minimum atomic E-state index is -0.678. The molecule has 0 spiro atoms. The number of benzene rings is 1. The maximum absolute atomic E-state index is 13.8. The molecule has 2 nitrogen and oxygen atoms in total. The Bertz CT molecular complexity index is 594. The smallest absolute Gasteiger partial charge is 0.234 e. The van der Waals surface area contributed by atoms with Crippen molar-refractivity contribution >= 4 is 17.9 Å². The first-order chi connectivity index (χ1) is 10.6. The topological polar surface area (TPSA) is 29.1 Å². The van der Waals surface area contributed by atoms with Gasteiger partial charge >= 0.3 is 0 Å². The van der Waals surface area contributed by atoms with E-state index in [1.807, 2.05) is 27.7 Å². The van der Waals surface area contributed by atoms with Crippen LogP contribution in [0.25, 0.3) is 0 Å². The SMILES string of the molecule is C=C(F)C(=C)SNC(=O)Cc1c(C(C)C)cc(F)cc1C(C)C. The summed E-state index contributed by atoms with van der Waals surface area (Å²) in [5, 5.41) is 0. The van der Waals surface area contributed by atoms with Crippen LogP contribution < -0.4 is 4.72 Å². The van der Waals surface area contributed by atoms with Crippen molar-refractivity contribution in [1.82, 2.24) is 4.72 Å². The Morgan fingerprint density at radius 2 is 1.65 bits per heavy atom. The van der Waals surface area contributed by atoms with Crippen molar-refractivity contribution in [2.75, 3.05) is 0 Å². The normalized spacial score (nSPS) is 11.0. The van der Waals surface area contributed by atoms with Crippen LogP contribution in [0.15, 0.2) is 36.0 Å². The molecule has 1 aromatic rings. The quantitative estimate of drug-likeness (QED) is 0.534. The van der Waals surface area contributed by atoms with Gasteiger partial charge in [-0.1, -0.05) is 40.9 Å². The molecule has 1 aromatic carbocycles. The van der Waals surface area contributed by atoms with Gasteiger partial charge < -0.3 is 0 Å². The van der Waals surface area contributed by atoms with E-state index in [2.05, 4.69) is 17.9 Å². The number of rotatable bonds is 7. The van der Waals surface area contributed by atoms with Crippen LogP contribution in [-0.4, -0.2) is 5.91 Å². The zero-order valence-corrected chi connectivity index (χ0v) is 14.8. The number of allylic oxidation sites excluding steroid dienone is 1. The molecule has 0 bridgehead atoms. The van der Waals surface area contributed by atoms with Gasteiger partial charge in [0.2, 0.25) is 5.91 Å². The van der Waals surface area contributed by atoms with Gasteiger partial charge in [-0.05, 0) is 52.6 Å². The van der Waals surface area contributed by atoms with Gasteiger partial charge in [-0.15, -0.1) is 0 Å². The third-order valence-corrected chi connectivity index (χ3v) is 4.25. The van der Waals surface area contributed by atoms with E-state index in [0.717, 1.165) is 28.6 Å². The lowest BCUT2D eigenvalue weighted by molar-refractivity contribution is -0.118. The van der Waals surface area contributed by atoms with Gasteiger partial charge in [0, 0.05) is 0 Å². The van der Waals surface area contributed by atoms with E-state index in [1.54, 1.807) is 0 Å². The fourth-order valence-electron chi connectivity index (χ4n) is 2.28. The van der Waals surface area contributed by atoms with Gasteiger partial charge in [-0.25, -0.2) is 8.78 Å². The van der Waals surface area contributed by atoms with Gasteiger partial charge in [0.15, 0.2) is 0 Å². The molecule has 0 fully saturated rings. The Morgan fingerprint density at radius 3 is 2.04 bits per heavy atom. The summed E-state index contributed by atoms with van der Waals surface area (Å²) < 4.78 is 29.2. The van der Waals surface area contributed by atoms with Crippen molar-refractivity contribution in [3.05, 3.63) is 58.5 Å². The maximum Gasteiger partial charge on any atom is 0.234 e. The Morgan fingerprint density at radius 1 is 1.17 bits per heavy atom. The Labute approximate surface area is 141 Å². The fourth-order valence-corrected chi connectivity index (χ4v) is 2.70. The molecular weight excluding hydrogens is 316 g/mol. The van der Waals surface area contributed by atoms with Crippen LogP contribution in [0, 0.1) is 5.82 Å². The summed E-state index contributed by atoms with van der Waals surface area (Å²) in [7, 11) is 0. The van der Waals surface area contributed by atoms with Gasteiger partial charge in [0.25, 0.3) is 0 Å². The first-order valence-corrected chi connectivity index (χ1v) is 8.26. The molecule has 126 valence electrons. The van der Waals surface area contributed by atoms with E-state index < -0.39 is 5.83 Å². The summed E-state index contributed by atoms with van der Waals surface area (Å²) in [6.07, 6.45) is 0.111. The molecule has 0 saturated heterocycles. The van der Waals surface area contributed by atoms with Crippen LogP contribution in [0.5, 0.6) is 0 Å². The molecule has 0 radical (unpaired) electrons. The largest absolute Gasteiger partial charge is 0.296 e. The average molecular weight is 339 g/mol. The second kappa shape index (κ2) is 8.29. The van der Waals surface area contributed by atoms with Crippen molar-refractivity contribution in [3.63, 3.8) is 0 Å². The highest BCUT2D eigenvalue weighted by Gasteiger charge is 2.18. The van der Waals surface area contributed by atoms with E-state index >= 15 is 0 Å². The Kier molecular flexibility index (Phi) is 7.01. The Balaban J connectivity index is 3.04. The number of hydrogen-bond acceptors (Lipinski definition) is 2. The molecule has 1 N–H and O–H groups in total. The lowest BCUT2D eigenvalue weighted by Gasteiger charge is -2.19. The van der Waals surface area contributed by atoms with Crippen molar-refractivity contribution in [1.29, 1.82) is 0 Å². The van der Waals surface area contributed by atoms with Crippen molar-refractivity contribution in [2.45, 2.75) is 46.0 Å². The van der Waals surface area contributed by atoms with Crippen LogP contribution in [0.3, 0.4) is 0 Å². The minimum absolute atomic E-state index is 0.0608. The summed E-state index contributed by atoms with van der Waals surface area (Å²) in [5.41, 5.74) is 2.48. The molecule has 0 aliphatic heterocycles. The third-order valence-electron chi connectivity index (χ3n) is 3.46. The molecule has 0 saturated carbocycles. The monoisotopic (exact) mass is 339 g/mol. The highest BCUT2D eigenvalue weighted by atomic mass is 32.2. The highest BCUT2D eigenvalue weighted by Crippen LogP contribution is 2.30. The lowest BCUT2D eigenvalue weighted by Crippen LogP contribution is -2.20. The second-order valence-corrected chi connectivity index (χ2v) is 6.91. The fraction of sp³-hybridized carbons (Fsp3) is 0.389. The molecule has 23 heavy (non-hydrogen) atoms. The van der Waals surface area contributed by atoms with E-state index in [4.69, 9.17) is 0 Å². The molecular formula is C18H23F2NOS. The van der Waals surface area contributed by atoms with E-state index in [0.29, 0.717) is 0 Å². The van der Waals surface area contributed by atoms with Crippen LogP contribution in [0.2, 0.25) is 0 Å². The van der Waals surface area contributed by atoms with Crippen LogP contribution in [0.1, 0.15) is 56.2 Å². The summed E-state index contributed by atoms with van der Waals surface area (Å²) in [5.74, 6) is -1.06. The Hall–Kier alpha value is -1.62. The standard InChI is InChI=1S/C18H23F2NOS/c1-10(2)15-7-14(20)8-16(11(3)4)17(15)9-18(22)21-23-13(6)12(5)19/h7-8,10-11H,5-6,9H2,1-4H3,(H,21,22). The number of nitrogens with one attached hydrogen (secondary N) is 1. The van der Waals surface area contributed by atoms with Crippen LogP contribution in [-0.2, 0) is 11.2 Å². The zero-order chi connectivity index (χ0) is 17.7. The molecule has 0 unspecified atom stereocenters. The average Bonchev–Trinajstić information content (AvgIpc) is 2.45.